The molecule has 0 spiro atoms. The van der Waals surface area contributed by atoms with Crippen molar-refractivity contribution in [3.05, 3.63) is 23.3 Å². The molecule has 0 saturated heterocycles. The number of aryl methyl sites for hydroxylation is 2. The Hall–Kier alpha value is -1.84. The smallest absolute Gasteiger partial charge is 0.227 e. The third-order valence-electron chi connectivity index (χ3n) is 5.51. The highest BCUT2D eigenvalue weighted by molar-refractivity contribution is 5.99. The number of hydrogen-bond acceptors (Lipinski definition) is 2. The minimum Gasteiger partial charge on any atom is -0.326 e. The topological polar surface area (TPSA) is 49.4 Å². The summed E-state index contributed by atoms with van der Waals surface area (Å²) >= 11 is 0. The Morgan fingerprint density at radius 1 is 1.09 bits per heavy atom. The van der Waals surface area contributed by atoms with Crippen molar-refractivity contribution in [2.45, 2.75) is 57.8 Å². The predicted molar refractivity (Wildman–Crippen MR) is 90.6 cm³/mol. The molecule has 0 unspecified atom stereocenters. The maximum atomic E-state index is 12.3. The van der Waals surface area contributed by atoms with E-state index >= 15 is 0 Å². The van der Waals surface area contributed by atoms with Crippen LogP contribution in [-0.2, 0) is 22.4 Å². The Morgan fingerprint density at radius 3 is 2.61 bits per heavy atom. The maximum Gasteiger partial charge on any atom is 0.227 e. The number of amides is 2. The molecule has 2 heterocycles. The van der Waals surface area contributed by atoms with Gasteiger partial charge in [0.25, 0.3) is 0 Å². The van der Waals surface area contributed by atoms with Gasteiger partial charge in [-0.05, 0) is 61.3 Å². The molecule has 3 aliphatic rings. The van der Waals surface area contributed by atoms with Gasteiger partial charge in [-0.2, -0.15) is 0 Å². The van der Waals surface area contributed by atoms with Crippen LogP contribution in [0, 0.1) is 5.92 Å². The number of nitrogens with one attached hydrogen (secondary N) is 1. The summed E-state index contributed by atoms with van der Waals surface area (Å²) in [5.74, 6) is 0.958. The van der Waals surface area contributed by atoms with E-state index in [2.05, 4.69) is 17.4 Å². The molecule has 0 aromatic heterocycles. The second-order valence-electron chi connectivity index (χ2n) is 7.19. The standard InChI is InChI=1S/C19H24N2O2/c22-17(10-13-4-1-2-5-13)20-16-11-14-6-3-9-21-18(23)8-7-15(12-16)19(14)21/h11-13H,1-10H2,(H,20,22). The van der Waals surface area contributed by atoms with Crippen LogP contribution >= 0.6 is 0 Å². The van der Waals surface area contributed by atoms with Crippen LogP contribution in [0.15, 0.2) is 12.1 Å². The zero-order valence-electron chi connectivity index (χ0n) is 13.6. The molecule has 1 aromatic carbocycles. The first-order valence-electron chi connectivity index (χ1n) is 8.97. The van der Waals surface area contributed by atoms with Gasteiger partial charge in [-0.25, -0.2) is 0 Å². The van der Waals surface area contributed by atoms with E-state index in [-0.39, 0.29) is 11.8 Å². The molecule has 1 N–H and O–H groups in total. The second-order valence-corrected chi connectivity index (χ2v) is 7.19. The van der Waals surface area contributed by atoms with Gasteiger partial charge in [0.2, 0.25) is 11.8 Å². The molecule has 2 aliphatic heterocycles. The highest BCUT2D eigenvalue weighted by atomic mass is 16.2. The summed E-state index contributed by atoms with van der Waals surface area (Å²) in [6, 6.07) is 4.16. The Bertz CT molecular complexity index is 630. The van der Waals surface area contributed by atoms with E-state index in [4.69, 9.17) is 0 Å². The van der Waals surface area contributed by atoms with Gasteiger partial charge < -0.3 is 10.2 Å². The first kappa shape index (κ1) is 14.7. The highest BCUT2D eigenvalue weighted by Gasteiger charge is 2.29. The van der Waals surface area contributed by atoms with Gasteiger partial charge in [0, 0.05) is 25.1 Å². The van der Waals surface area contributed by atoms with Crippen molar-refractivity contribution in [2.24, 2.45) is 5.92 Å². The van der Waals surface area contributed by atoms with E-state index in [9.17, 15) is 9.59 Å². The molecule has 1 saturated carbocycles. The van der Waals surface area contributed by atoms with Gasteiger partial charge in [0.05, 0.1) is 5.69 Å². The molecule has 1 aromatic rings. The lowest BCUT2D eigenvalue weighted by Gasteiger charge is -2.35. The van der Waals surface area contributed by atoms with E-state index in [0.717, 1.165) is 37.2 Å². The number of carbonyl (C=O) groups excluding carboxylic acids is 2. The van der Waals surface area contributed by atoms with Gasteiger partial charge in [-0.3, -0.25) is 9.59 Å². The van der Waals surface area contributed by atoms with E-state index in [1.165, 1.54) is 36.8 Å². The molecule has 4 rings (SSSR count). The number of rotatable bonds is 3. The molecule has 0 atom stereocenters. The molecule has 1 fully saturated rings. The Labute approximate surface area is 137 Å². The maximum absolute atomic E-state index is 12.3. The van der Waals surface area contributed by atoms with E-state index in [0.29, 0.717) is 18.8 Å². The Kier molecular flexibility index (Phi) is 3.83. The molecule has 0 bridgehead atoms. The van der Waals surface area contributed by atoms with Crippen molar-refractivity contribution >= 4 is 23.2 Å². The Morgan fingerprint density at radius 2 is 1.83 bits per heavy atom. The minimum atomic E-state index is 0.142. The molecule has 0 radical (unpaired) electrons. The molecule has 122 valence electrons. The lowest BCUT2D eigenvalue weighted by Crippen LogP contribution is -2.39. The fourth-order valence-electron chi connectivity index (χ4n) is 4.41. The Balaban J connectivity index is 1.54. The molecule has 2 amide bonds. The molecule has 1 aliphatic carbocycles. The van der Waals surface area contributed by atoms with Gasteiger partial charge in [0.1, 0.15) is 0 Å². The second kappa shape index (κ2) is 5.99. The molecule has 4 nitrogen and oxygen atoms in total. The molecular formula is C19H24N2O2. The molecule has 23 heavy (non-hydrogen) atoms. The average Bonchev–Trinajstić information content (AvgIpc) is 3.03. The zero-order valence-corrected chi connectivity index (χ0v) is 13.6. The number of nitrogens with zero attached hydrogens (tertiary/aromatic N) is 1. The van der Waals surface area contributed by atoms with Crippen LogP contribution in [0.5, 0.6) is 0 Å². The van der Waals surface area contributed by atoms with E-state index < -0.39 is 0 Å². The predicted octanol–water partition coefficient (Wildman–Crippen LogP) is 3.43. The minimum absolute atomic E-state index is 0.142. The normalized spacial score (nSPS) is 20.5. The SMILES string of the molecule is O=C(CC1CCCC1)Nc1cc2c3c(c1)CCC(=O)N3CCC2. The summed E-state index contributed by atoms with van der Waals surface area (Å²) < 4.78 is 0. The largest absolute Gasteiger partial charge is 0.326 e. The van der Waals surface area contributed by atoms with Crippen molar-refractivity contribution in [2.75, 3.05) is 16.8 Å². The number of benzene rings is 1. The number of anilines is 2. The summed E-state index contributed by atoms with van der Waals surface area (Å²) in [6.07, 6.45) is 8.97. The van der Waals surface area contributed by atoms with Crippen LogP contribution in [0.3, 0.4) is 0 Å². The van der Waals surface area contributed by atoms with E-state index in [1.54, 1.807) is 0 Å². The summed E-state index contributed by atoms with van der Waals surface area (Å²) in [4.78, 5) is 26.3. The van der Waals surface area contributed by atoms with Crippen molar-refractivity contribution in [3.8, 4) is 0 Å². The molecular weight excluding hydrogens is 288 g/mol. The highest BCUT2D eigenvalue weighted by Crippen LogP contribution is 2.38. The lowest BCUT2D eigenvalue weighted by molar-refractivity contribution is -0.119. The van der Waals surface area contributed by atoms with Gasteiger partial charge in [-0.1, -0.05) is 12.8 Å². The van der Waals surface area contributed by atoms with Crippen molar-refractivity contribution in [1.82, 2.24) is 0 Å². The first-order chi connectivity index (χ1) is 11.2. The van der Waals surface area contributed by atoms with Crippen molar-refractivity contribution in [3.63, 3.8) is 0 Å². The van der Waals surface area contributed by atoms with Crippen LogP contribution in [0.4, 0.5) is 11.4 Å². The average molecular weight is 312 g/mol. The number of carbonyl (C=O) groups is 2. The third kappa shape index (κ3) is 2.87. The molecule has 4 heteroatoms. The van der Waals surface area contributed by atoms with Crippen LogP contribution in [0.25, 0.3) is 0 Å². The van der Waals surface area contributed by atoms with Crippen LogP contribution in [-0.4, -0.2) is 18.4 Å². The van der Waals surface area contributed by atoms with Crippen molar-refractivity contribution < 1.29 is 9.59 Å². The van der Waals surface area contributed by atoms with Crippen molar-refractivity contribution in [1.29, 1.82) is 0 Å². The van der Waals surface area contributed by atoms with E-state index in [1.807, 2.05) is 4.90 Å². The van der Waals surface area contributed by atoms with Crippen LogP contribution in [0.2, 0.25) is 0 Å². The van der Waals surface area contributed by atoms with Gasteiger partial charge in [0.15, 0.2) is 0 Å². The fourth-order valence-corrected chi connectivity index (χ4v) is 4.41. The van der Waals surface area contributed by atoms with Crippen LogP contribution < -0.4 is 10.2 Å². The third-order valence-corrected chi connectivity index (χ3v) is 5.51. The summed E-state index contributed by atoms with van der Waals surface area (Å²) in [7, 11) is 0. The van der Waals surface area contributed by atoms with Crippen LogP contribution in [0.1, 0.15) is 56.1 Å². The fraction of sp³-hybridized carbons (Fsp3) is 0.579. The quantitative estimate of drug-likeness (QED) is 0.929. The zero-order chi connectivity index (χ0) is 15.8. The first-order valence-corrected chi connectivity index (χ1v) is 8.97. The summed E-state index contributed by atoms with van der Waals surface area (Å²) in [5.41, 5.74) is 4.48. The summed E-state index contributed by atoms with van der Waals surface area (Å²) in [6.45, 7) is 0.840. The number of hydrogen-bond donors (Lipinski definition) is 1. The monoisotopic (exact) mass is 312 g/mol. The lowest BCUT2D eigenvalue weighted by atomic mass is 9.91. The van der Waals surface area contributed by atoms with Gasteiger partial charge >= 0.3 is 0 Å². The van der Waals surface area contributed by atoms with Gasteiger partial charge in [-0.15, -0.1) is 0 Å². The summed E-state index contributed by atoms with van der Waals surface area (Å²) in [5, 5.41) is 3.10.